The predicted octanol–water partition coefficient (Wildman–Crippen LogP) is 2.10. The number of rotatable bonds is 5. The number of nitrogens with zero attached hydrogens (tertiary/aromatic N) is 2. The van der Waals surface area contributed by atoms with Crippen molar-refractivity contribution in [1.82, 2.24) is 15.3 Å². The summed E-state index contributed by atoms with van der Waals surface area (Å²) >= 11 is 0. The minimum Gasteiger partial charge on any atom is -0.370 e. The highest BCUT2D eigenvalue weighted by Gasteiger charge is 2.14. The molecule has 0 aromatic carbocycles. The first-order valence-electron chi connectivity index (χ1n) is 7.08. The zero-order valence-corrected chi connectivity index (χ0v) is 12.2. The lowest BCUT2D eigenvalue weighted by Crippen LogP contribution is -2.26. The van der Waals surface area contributed by atoms with Crippen LogP contribution in [0.5, 0.6) is 0 Å². The van der Waals surface area contributed by atoms with Crippen LogP contribution in [0.25, 0.3) is 0 Å². The second-order valence-electron chi connectivity index (χ2n) is 6.24. The molecule has 1 aromatic rings. The molecule has 106 valence electrons. The Labute approximate surface area is 115 Å². The first kappa shape index (κ1) is 14.1. The van der Waals surface area contributed by atoms with Crippen molar-refractivity contribution in [1.29, 1.82) is 0 Å². The van der Waals surface area contributed by atoms with E-state index in [1.165, 1.54) is 12.8 Å². The highest BCUT2D eigenvalue weighted by Crippen LogP contribution is 2.15. The van der Waals surface area contributed by atoms with E-state index >= 15 is 0 Å². The number of aromatic nitrogens is 2. The van der Waals surface area contributed by atoms with E-state index in [1.807, 2.05) is 6.07 Å². The third-order valence-electron chi connectivity index (χ3n) is 3.19. The van der Waals surface area contributed by atoms with E-state index in [1.54, 1.807) is 6.33 Å². The Morgan fingerprint density at radius 1 is 1.32 bits per heavy atom. The Balaban J connectivity index is 1.81. The van der Waals surface area contributed by atoms with Crippen LogP contribution in [0.15, 0.2) is 12.4 Å². The number of hydrogen-bond acceptors (Lipinski definition) is 5. The molecular formula is C14H25N5. The molecule has 5 nitrogen and oxygen atoms in total. The highest BCUT2D eigenvalue weighted by molar-refractivity contribution is 5.47. The average molecular weight is 263 g/mol. The Morgan fingerprint density at radius 2 is 2.11 bits per heavy atom. The molecule has 1 saturated heterocycles. The van der Waals surface area contributed by atoms with Gasteiger partial charge in [-0.05, 0) is 52.6 Å². The van der Waals surface area contributed by atoms with E-state index in [9.17, 15) is 0 Å². The lowest BCUT2D eigenvalue weighted by Gasteiger charge is -2.21. The van der Waals surface area contributed by atoms with E-state index in [2.05, 4.69) is 46.7 Å². The molecule has 1 unspecified atom stereocenters. The Kier molecular flexibility index (Phi) is 4.58. The van der Waals surface area contributed by atoms with Gasteiger partial charge in [0.15, 0.2) is 0 Å². The van der Waals surface area contributed by atoms with Crippen molar-refractivity contribution < 1.29 is 0 Å². The number of hydrogen-bond donors (Lipinski definition) is 3. The van der Waals surface area contributed by atoms with Gasteiger partial charge >= 0.3 is 0 Å². The molecule has 19 heavy (non-hydrogen) atoms. The molecule has 1 atom stereocenters. The van der Waals surface area contributed by atoms with Crippen molar-refractivity contribution in [2.45, 2.75) is 39.2 Å². The monoisotopic (exact) mass is 263 g/mol. The zero-order valence-electron chi connectivity index (χ0n) is 12.2. The Bertz CT molecular complexity index is 393. The topological polar surface area (TPSA) is 61.9 Å². The van der Waals surface area contributed by atoms with Crippen LogP contribution in [0.4, 0.5) is 11.6 Å². The van der Waals surface area contributed by atoms with Gasteiger partial charge in [-0.3, -0.25) is 0 Å². The molecule has 2 rings (SSSR count). The van der Waals surface area contributed by atoms with E-state index in [0.29, 0.717) is 0 Å². The third-order valence-corrected chi connectivity index (χ3v) is 3.19. The SMILES string of the molecule is CC(C)(C)Nc1cc(NCCC2CCNC2)ncn1. The maximum absolute atomic E-state index is 4.26. The van der Waals surface area contributed by atoms with Gasteiger partial charge in [0.05, 0.1) is 0 Å². The van der Waals surface area contributed by atoms with Crippen molar-refractivity contribution >= 4 is 11.6 Å². The minimum absolute atomic E-state index is 0.0150. The molecule has 1 aliphatic heterocycles. The maximum Gasteiger partial charge on any atom is 0.131 e. The van der Waals surface area contributed by atoms with Gasteiger partial charge in [-0.25, -0.2) is 9.97 Å². The largest absolute Gasteiger partial charge is 0.370 e. The second-order valence-corrected chi connectivity index (χ2v) is 6.24. The van der Waals surface area contributed by atoms with Crippen molar-refractivity contribution in [2.24, 2.45) is 5.92 Å². The van der Waals surface area contributed by atoms with Gasteiger partial charge in [-0.15, -0.1) is 0 Å². The maximum atomic E-state index is 4.26. The summed E-state index contributed by atoms with van der Waals surface area (Å²) in [4.78, 5) is 8.49. The summed E-state index contributed by atoms with van der Waals surface area (Å²) in [7, 11) is 0. The van der Waals surface area contributed by atoms with Crippen molar-refractivity contribution in [3.63, 3.8) is 0 Å². The fraction of sp³-hybridized carbons (Fsp3) is 0.714. The minimum atomic E-state index is 0.0150. The van der Waals surface area contributed by atoms with Crippen molar-refractivity contribution in [3.8, 4) is 0 Å². The molecule has 5 heteroatoms. The van der Waals surface area contributed by atoms with Gasteiger partial charge in [0.2, 0.25) is 0 Å². The summed E-state index contributed by atoms with van der Waals surface area (Å²) in [6, 6.07) is 1.97. The highest BCUT2D eigenvalue weighted by atomic mass is 15.1. The summed E-state index contributed by atoms with van der Waals surface area (Å²) in [5, 5.41) is 10.1. The average Bonchev–Trinajstić information content (AvgIpc) is 2.80. The number of anilines is 2. The molecule has 1 aliphatic rings. The molecular weight excluding hydrogens is 238 g/mol. The Hall–Kier alpha value is -1.36. The van der Waals surface area contributed by atoms with Crippen LogP contribution >= 0.6 is 0 Å². The standard InChI is InChI=1S/C14H25N5/c1-14(2,3)19-13-8-12(17-10-18-13)16-7-5-11-4-6-15-9-11/h8,10-11,15H,4-7,9H2,1-3H3,(H2,16,17,18,19). The third kappa shape index (κ3) is 5.03. The van der Waals surface area contributed by atoms with Crippen LogP contribution in [0.3, 0.4) is 0 Å². The molecule has 1 aromatic heterocycles. The van der Waals surface area contributed by atoms with Crippen LogP contribution in [-0.2, 0) is 0 Å². The van der Waals surface area contributed by atoms with Crippen LogP contribution in [0.2, 0.25) is 0 Å². The molecule has 0 spiro atoms. The van der Waals surface area contributed by atoms with E-state index in [0.717, 1.165) is 37.2 Å². The van der Waals surface area contributed by atoms with Crippen LogP contribution < -0.4 is 16.0 Å². The van der Waals surface area contributed by atoms with E-state index in [-0.39, 0.29) is 5.54 Å². The van der Waals surface area contributed by atoms with Gasteiger partial charge in [0.1, 0.15) is 18.0 Å². The van der Waals surface area contributed by atoms with Gasteiger partial charge in [0, 0.05) is 18.2 Å². The molecule has 0 amide bonds. The normalized spacial score (nSPS) is 19.4. The summed E-state index contributed by atoms with van der Waals surface area (Å²) in [6.45, 7) is 9.65. The van der Waals surface area contributed by atoms with Gasteiger partial charge in [-0.2, -0.15) is 0 Å². The van der Waals surface area contributed by atoms with Crippen LogP contribution in [0.1, 0.15) is 33.6 Å². The van der Waals surface area contributed by atoms with Gasteiger partial charge in [0.25, 0.3) is 0 Å². The molecule has 3 N–H and O–H groups in total. The molecule has 0 saturated carbocycles. The summed E-state index contributed by atoms with van der Waals surface area (Å²) in [6.07, 6.45) is 4.09. The predicted molar refractivity (Wildman–Crippen MR) is 79.5 cm³/mol. The quantitative estimate of drug-likeness (QED) is 0.759. The first-order valence-corrected chi connectivity index (χ1v) is 7.08. The second kappa shape index (κ2) is 6.19. The molecule has 0 radical (unpaired) electrons. The number of nitrogens with one attached hydrogen (secondary N) is 3. The summed E-state index contributed by atoms with van der Waals surface area (Å²) in [5.41, 5.74) is 0.0150. The molecule has 1 fully saturated rings. The summed E-state index contributed by atoms with van der Waals surface area (Å²) in [5.74, 6) is 2.57. The lowest BCUT2D eigenvalue weighted by molar-refractivity contribution is 0.549. The van der Waals surface area contributed by atoms with Crippen molar-refractivity contribution in [3.05, 3.63) is 12.4 Å². The molecule has 0 aliphatic carbocycles. The molecule has 2 heterocycles. The van der Waals surface area contributed by atoms with E-state index < -0.39 is 0 Å². The first-order chi connectivity index (χ1) is 9.03. The zero-order chi connectivity index (χ0) is 13.7. The van der Waals surface area contributed by atoms with E-state index in [4.69, 9.17) is 0 Å². The van der Waals surface area contributed by atoms with Crippen LogP contribution in [-0.4, -0.2) is 35.1 Å². The Morgan fingerprint density at radius 3 is 2.79 bits per heavy atom. The summed E-state index contributed by atoms with van der Waals surface area (Å²) < 4.78 is 0. The van der Waals surface area contributed by atoms with Crippen molar-refractivity contribution in [2.75, 3.05) is 30.3 Å². The van der Waals surface area contributed by atoms with Gasteiger partial charge < -0.3 is 16.0 Å². The fourth-order valence-corrected chi connectivity index (χ4v) is 2.27. The fourth-order valence-electron chi connectivity index (χ4n) is 2.27. The molecule has 0 bridgehead atoms. The van der Waals surface area contributed by atoms with Crippen LogP contribution in [0, 0.1) is 5.92 Å². The lowest BCUT2D eigenvalue weighted by atomic mass is 10.1. The van der Waals surface area contributed by atoms with Gasteiger partial charge in [-0.1, -0.05) is 0 Å². The smallest absolute Gasteiger partial charge is 0.131 e.